The fourth-order valence-corrected chi connectivity index (χ4v) is 1.23. The third-order valence-corrected chi connectivity index (χ3v) is 2.42. The summed E-state index contributed by atoms with van der Waals surface area (Å²) >= 11 is 0. The molecular formula is C11H24N2O2. The van der Waals surface area contributed by atoms with E-state index in [0.29, 0.717) is 13.2 Å². The number of carbonyl (C=O) groups excluding carboxylic acids is 1. The molecular weight excluding hydrogens is 192 g/mol. The second kappa shape index (κ2) is 8.68. The van der Waals surface area contributed by atoms with Crippen molar-refractivity contribution >= 4 is 5.91 Å². The minimum atomic E-state index is -0.378. The molecule has 0 aromatic heterocycles. The van der Waals surface area contributed by atoms with Crippen LogP contribution in [0.5, 0.6) is 0 Å². The van der Waals surface area contributed by atoms with Gasteiger partial charge in [0.2, 0.25) is 5.91 Å². The quantitative estimate of drug-likeness (QED) is 0.596. The highest BCUT2D eigenvalue weighted by Crippen LogP contribution is 1.99. The van der Waals surface area contributed by atoms with Crippen LogP contribution >= 0.6 is 0 Å². The first-order valence-corrected chi connectivity index (χ1v) is 5.77. The molecule has 0 heterocycles. The molecule has 0 aromatic carbocycles. The summed E-state index contributed by atoms with van der Waals surface area (Å²) in [6.07, 6.45) is 2.33. The normalized spacial score (nSPS) is 12.9. The van der Waals surface area contributed by atoms with Gasteiger partial charge in [-0.15, -0.1) is 0 Å². The predicted octanol–water partition coefficient (Wildman–Crippen LogP) is 1.05. The molecule has 0 aliphatic heterocycles. The lowest BCUT2D eigenvalue weighted by molar-refractivity contribution is -0.132. The molecule has 0 saturated carbocycles. The van der Waals surface area contributed by atoms with Gasteiger partial charge in [0.1, 0.15) is 6.10 Å². The van der Waals surface area contributed by atoms with Crippen molar-refractivity contribution in [1.82, 2.24) is 5.32 Å². The Kier molecular flexibility index (Phi) is 8.33. The fraction of sp³-hybridized carbons (Fsp3) is 0.909. The summed E-state index contributed by atoms with van der Waals surface area (Å²) < 4.78 is 5.34. The van der Waals surface area contributed by atoms with Gasteiger partial charge in [-0.25, -0.2) is 0 Å². The molecule has 0 spiro atoms. The van der Waals surface area contributed by atoms with Gasteiger partial charge >= 0.3 is 0 Å². The Bertz CT molecular complexity index is 170. The summed E-state index contributed by atoms with van der Waals surface area (Å²) in [5, 5.41) is 2.95. The lowest BCUT2D eigenvalue weighted by atomic mass is 10.1. The molecule has 4 nitrogen and oxygen atoms in total. The maximum absolute atomic E-state index is 11.6. The molecule has 0 bridgehead atoms. The Hall–Kier alpha value is -0.610. The molecule has 0 rings (SSSR count). The maximum atomic E-state index is 11.6. The number of hydrogen-bond donors (Lipinski definition) is 2. The van der Waals surface area contributed by atoms with Crippen LogP contribution < -0.4 is 11.1 Å². The Morgan fingerprint density at radius 3 is 2.47 bits per heavy atom. The van der Waals surface area contributed by atoms with Crippen LogP contribution in [-0.4, -0.2) is 31.2 Å². The van der Waals surface area contributed by atoms with Crippen molar-refractivity contribution < 1.29 is 9.53 Å². The van der Waals surface area contributed by atoms with Crippen molar-refractivity contribution in [3.63, 3.8) is 0 Å². The molecule has 0 saturated heterocycles. The number of hydrogen-bond acceptors (Lipinski definition) is 3. The number of nitrogens with one attached hydrogen (secondary N) is 1. The van der Waals surface area contributed by atoms with Crippen LogP contribution in [0.25, 0.3) is 0 Å². The SMILES string of the molecule is CCC(CC)NC(=O)C(C)OCCCN. The largest absolute Gasteiger partial charge is 0.369 e. The van der Waals surface area contributed by atoms with E-state index in [9.17, 15) is 4.79 Å². The predicted molar refractivity (Wildman–Crippen MR) is 61.6 cm³/mol. The van der Waals surface area contributed by atoms with Gasteiger partial charge in [0, 0.05) is 12.6 Å². The third kappa shape index (κ3) is 6.47. The molecule has 1 amide bonds. The number of carbonyl (C=O) groups is 1. The molecule has 0 aliphatic carbocycles. The summed E-state index contributed by atoms with van der Waals surface area (Å²) in [7, 11) is 0. The van der Waals surface area contributed by atoms with Crippen molar-refractivity contribution in [2.75, 3.05) is 13.2 Å². The van der Waals surface area contributed by atoms with Gasteiger partial charge in [-0.05, 0) is 32.7 Å². The van der Waals surface area contributed by atoms with E-state index in [1.54, 1.807) is 6.92 Å². The second-order valence-electron chi connectivity index (χ2n) is 3.68. The smallest absolute Gasteiger partial charge is 0.249 e. The molecule has 90 valence electrons. The Morgan fingerprint density at radius 1 is 1.40 bits per heavy atom. The van der Waals surface area contributed by atoms with Gasteiger partial charge in [0.25, 0.3) is 0 Å². The van der Waals surface area contributed by atoms with Crippen molar-refractivity contribution in [2.24, 2.45) is 5.73 Å². The fourth-order valence-electron chi connectivity index (χ4n) is 1.23. The van der Waals surface area contributed by atoms with E-state index >= 15 is 0 Å². The highest BCUT2D eigenvalue weighted by molar-refractivity contribution is 5.80. The summed E-state index contributed by atoms with van der Waals surface area (Å²) in [4.78, 5) is 11.6. The number of ether oxygens (including phenoxy) is 1. The topological polar surface area (TPSA) is 64.3 Å². The van der Waals surface area contributed by atoms with E-state index in [1.165, 1.54) is 0 Å². The average molecular weight is 216 g/mol. The van der Waals surface area contributed by atoms with Crippen LogP contribution in [0, 0.1) is 0 Å². The van der Waals surface area contributed by atoms with Gasteiger partial charge in [0.05, 0.1) is 0 Å². The Morgan fingerprint density at radius 2 is 2.00 bits per heavy atom. The van der Waals surface area contributed by atoms with Gasteiger partial charge < -0.3 is 15.8 Å². The highest BCUT2D eigenvalue weighted by atomic mass is 16.5. The maximum Gasteiger partial charge on any atom is 0.249 e. The number of amides is 1. The van der Waals surface area contributed by atoms with Gasteiger partial charge in [-0.3, -0.25) is 4.79 Å². The first-order valence-electron chi connectivity index (χ1n) is 5.77. The first-order chi connectivity index (χ1) is 7.15. The monoisotopic (exact) mass is 216 g/mol. The molecule has 1 unspecified atom stereocenters. The molecule has 0 fully saturated rings. The zero-order valence-corrected chi connectivity index (χ0v) is 10.1. The molecule has 3 N–H and O–H groups in total. The van der Waals surface area contributed by atoms with E-state index in [0.717, 1.165) is 19.3 Å². The van der Waals surface area contributed by atoms with Gasteiger partial charge in [-0.2, -0.15) is 0 Å². The zero-order valence-electron chi connectivity index (χ0n) is 10.1. The number of rotatable bonds is 8. The van der Waals surface area contributed by atoms with Crippen molar-refractivity contribution in [1.29, 1.82) is 0 Å². The molecule has 1 atom stereocenters. The van der Waals surface area contributed by atoms with E-state index in [4.69, 9.17) is 10.5 Å². The van der Waals surface area contributed by atoms with Gasteiger partial charge in [-0.1, -0.05) is 13.8 Å². The number of nitrogens with two attached hydrogens (primary N) is 1. The highest BCUT2D eigenvalue weighted by Gasteiger charge is 2.15. The van der Waals surface area contributed by atoms with E-state index in [-0.39, 0.29) is 18.1 Å². The molecule has 15 heavy (non-hydrogen) atoms. The summed E-state index contributed by atoms with van der Waals surface area (Å²) in [5.41, 5.74) is 5.33. The standard InChI is InChI=1S/C11H24N2O2/c1-4-10(5-2)13-11(14)9(3)15-8-6-7-12/h9-10H,4-8,12H2,1-3H3,(H,13,14). The lowest BCUT2D eigenvalue weighted by Crippen LogP contribution is -2.41. The Labute approximate surface area is 92.6 Å². The molecule has 0 aliphatic rings. The minimum Gasteiger partial charge on any atom is -0.369 e. The second-order valence-corrected chi connectivity index (χ2v) is 3.68. The van der Waals surface area contributed by atoms with Crippen LogP contribution in [0.4, 0.5) is 0 Å². The van der Waals surface area contributed by atoms with Crippen molar-refractivity contribution in [3.8, 4) is 0 Å². The van der Waals surface area contributed by atoms with E-state index < -0.39 is 0 Å². The Balaban J connectivity index is 3.77. The van der Waals surface area contributed by atoms with Crippen LogP contribution in [0.1, 0.15) is 40.0 Å². The summed E-state index contributed by atoms with van der Waals surface area (Å²) in [6.45, 7) is 7.05. The van der Waals surface area contributed by atoms with Crippen LogP contribution in [0.3, 0.4) is 0 Å². The first kappa shape index (κ1) is 14.4. The summed E-state index contributed by atoms with van der Waals surface area (Å²) in [6, 6.07) is 0.262. The van der Waals surface area contributed by atoms with Crippen molar-refractivity contribution in [2.45, 2.75) is 52.2 Å². The van der Waals surface area contributed by atoms with Crippen LogP contribution in [-0.2, 0) is 9.53 Å². The van der Waals surface area contributed by atoms with E-state index in [2.05, 4.69) is 19.2 Å². The zero-order chi connectivity index (χ0) is 11.7. The third-order valence-electron chi connectivity index (χ3n) is 2.42. The van der Waals surface area contributed by atoms with Crippen molar-refractivity contribution in [3.05, 3.63) is 0 Å². The summed E-state index contributed by atoms with van der Waals surface area (Å²) in [5.74, 6) is -0.0271. The van der Waals surface area contributed by atoms with E-state index in [1.807, 2.05) is 0 Å². The lowest BCUT2D eigenvalue weighted by Gasteiger charge is -2.18. The molecule has 0 aromatic rings. The molecule has 0 radical (unpaired) electrons. The minimum absolute atomic E-state index is 0.0271. The van der Waals surface area contributed by atoms with Crippen LogP contribution in [0.15, 0.2) is 0 Å². The van der Waals surface area contributed by atoms with Gasteiger partial charge in [0.15, 0.2) is 0 Å². The molecule has 4 heteroatoms. The average Bonchev–Trinajstić information content (AvgIpc) is 2.25. The van der Waals surface area contributed by atoms with Crippen LogP contribution in [0.2, 0.25) is 0 Å².